The van der Waals surface area contributed by atoms with Gasteiger partial charge in [-0.15, -0.1) is 0 Å². The molecule has 1 aromatic carbocycles. The van der Waals surface area contributed by atoms with Gasteiger partial charge in [0.2, 0.25) is 11.8 Å². The van der Waals surface area contributed by atoms with E-state index in [2.05, 4.69) is 24.9 Å². The van der Waals surface area contributed by atoms with Crippen LogP contribution in [0.5, 0.6) is 0 Å². The minimum Gasteiger partial charge on any atom is -0.345 e. The van der Waals surface area contributed by atoms with Gasteiger partial charge in [0.15, 0.2) is 0 Å². The number of aromatic nitrogens is 1. The van der Waals surface area contributed by atoms with Crippen molar-refractivity contribution in [2.75, 3.05) is 25.0 Å². The standard InChI is InChI=1S/C23H29N3O2/c1-16(2)20-7-5-6-17(3)22(20)26-15-19(14-21(26)27)23(28)25(4)13-10-18-8-11-24-12-9-18/h5-9,11-12,16,19H,10,13-15H2,1-4H3. The molecule has 1 aromatic heterocycles. The van der Waals surface area contributed by atoms with Crippen molar-refractivity contribution < 1.29 is 9.59 Å². The van der Waals surface area contributed by atoms with Gasteiger partial charge in [0.05, 0.1) is 5.92 Å². The summed E-state index contributed by atoms with van der Waals surface area (Å²) in [4.78, 5) is 33.3. The van der Waals surface area contributed by atoms with Crippen molar-refractivity contribution in [1.29, 1.82) is 0 Å². The van der Waals surface area contributed by atoms with Crippen LogP contribution in [0.3, 0.4) is 0 Å². The monoisotopic (exact) mass is 379 g/mol. The van der Waals surface area contributed by atoms with Crippen molar-refractivity contribution in [1.82, 2.24) is 9.88 Å². The number of amides is 2. The van der Waals surface area contributed by atoms with E-state index >= 15 is 0 Å². The molecule has 1 aliphatic heterocycles. The number of hydrogen-bond donors (Lipinski definition) is 0. The van der Waals surface area contributed by atoms with Crippen molar-refractivity contribution in [2.45, 2.75) is 39.5 Å². The molecule has 148 valence electrons. The first-order valence-electron chi connectivity index (χ1n) is 9.92. The average Bonchev–Trinajstić information content (AvgIpc) is 3.07. The lowest BCUT2D eigenvalue weighted by molar-refractivity contribution is -0.134. The van der Waals surface area contributed by atoms with Gasteiger partial charge in [0, 0.05) is 44.6 Å². The molecule has 2 amide bonds. The van der Waals surface area contributed by atoms with Crippen LogP contribution in [0.1, 0.15) is 42.9 Å². The van der Waals surface area contributed by atoms with Gasteiger partial charge in [0.1, 0.15) is 0 Å². The molecule has 3 rings (SSSR count). The van der Waals surface area contributed by atoms with Crippen LogP contribution in [0.4, 0.5) is 5.69 Å². The highest BCUT2D eigenvalue weighted by atomic mass is 16.2. The van der Waals surface area contributed by atoms with Gasteiger partial charge in [-0.25, -0.2) is 0 Å². The third kappa shape index (κ3) is 4.24. The van der Waals surface area contributed by atoms with Crippen molar-refractivity contribution in [3.05, 3.63) is 59.4 Å². The molecule has 1 fully saturated rings. The van der Waals surface area contributed by atoms with Crippen LogP contribution < -0.4 is 4.90 Å². The highest BCUT2D eigenvalue weighted by Gasteiger charge is 2.37. The zero-order chi connectivity index (χ0) is 20.3. The molecule has 1 aliphatic rings. The number of para-hydroxylation sites is 1. The van der Waals surface area contributed by atoms with Gasteiger partial charge >= 0.3 is 0 Å². The maximum Gasteiger partial charge on any atom is 0.227 e. The molecule has 2 aromatic rings. The predicted molar refractivity (Wildman–Crippen MR) is 111 cm³/mol. The van der Waals surface area contributed by atoms with Crippen LogP contribution in [0.2, 0.25) is 0 Å². The van der Waals surface area contributed by atoms with Crippen LogP contribution in [0.25, 0.3) is 0 Å². The number of likely N-dealkylation sites (N-methyl/N-ethyl adjacent to an activating group) is 1. The first-order chi connectivity index (χ1) is 13.4. The van der Waals surface area contributed by atoms with Crippen LogP contribution >= 0.6 is 0 Å². The highest BCUT2D eigenvalue weighted by Crippen LogP contribution is 2.35. The van der Waals surface area contributed by atoms with Gasteiger partial charge in [-0.05, 0) is 48.1 Å². The summed E-state index contributed by atoms with van der Waals surface area (Å²) >= 11 is 0. The molecule has 0 saturated carbocycles. The third-order valence-corrected chi connectivity index (χ3v) is 5.50. The summed E-state index contributed by atoms with van der Waals surface area (Å²) in [6.45, 7) is 7.39. The molecular formula is C23H29N3O2. The van der Waals surface area contributed by atoms with Crippen molar-refractivity contribution in [3.63, 3.8) is 0 Å². The first-order valence-corrected chi connectivity index (χ1v) is 9.92. The van der Waals surface area contributed by atoms with E-state index in [0.717, 1.165) is 28.8 Å². The summed E-state index contributed by atoms with van der Waals surface area (Å²) < 4.78 is 0. The Hall–Kier alpha value is -2.69. The maximum absolute atomic E-state index is 12.9. The Balaban J connectivity index is 1.70. The number of aryl methyl sites for hydroxylation is 1. The highest BCUT2D eigenvalue weighted by molar-refractivity contribution is 6.01. The van der Waals surface area contributed by atoms with E-state index in [-0.39, 0.29) is 24.2 Å². The molecule has 28 heavy (non-hydrogen) atoms. The van der Waals surface area contributed by atoms with E-state index in [9.17, 15) is 9.59 Å². The number of rotatable bonds is 6. The van der Waals surface area contributed by atoms with Crippen LogP contribution in [-0.2, 0) is 16.0 Å². The number of carbonyl (C=O) groups excluding carboxylic acids is 2. The van der Waals surface area contributed by atoms with E-state index in [1.165, 1.54) is 0 Å². The number of pyridine rings is 1. The smallest absolute Gasteiger partial charge is 0.227 e. The van der Waals surface area contributed by atoms with Crippen molar-refractivity contribution in [2.24, 2.45) is 5.92 Å². The second-order valence-corrected chi connectivity index (χ2v) is 7.94. The van der Waals surface area contributed by atoms with E-state index in [1.54, 1.807) is 17.3 Å². The van der Waals surface area contributed by atoms with Crippen molar-refractivity contribution in [3.8, 4) is 0 Å². The van der Waals surface area contributed by atoms with Crippen LogP contribution in [0.15, 0.2) is 42.7 Å². The lowest BCUT2D eigenvalue weighted by atomic mass is 9.97. The fraction of sp³-hybridized carbons (Fsp3) is 0.435. The summed E-state index contributed by atoms with van der Waals surface area (Å²) in [5.74, 6) is 0.122. The molecule has 1 saturated heterocycles. The lowest BCUT2D eigenvalue weighted by Gasteiger charge is -2.25. The van der Waals surface area contributed by atoms with Gasteiger partial charge in [0.25, 0.3) is 0 Å². The Labute approximate surface area is 167 Å². The summed E-state index contributed by atoms with van der Waals surface area (Å²) in [5, 5.41) is 0. The zero-order valence-electron chi connectivity index (χ0n) is 17.2. The Morgan fingerprint density at radius 2 is 1.96 bits per heavy atom. The molecular weight excluding hydrogens is 350 g/mol. The number of carbonyl (C=O) groups is 2. The number of benzene rings is 1. The quantitative estimate of drug-likeness (QED) is 0.771. The summed E-state index contributed by atoms with van der Waals surface area (Å²) in [7, 11) is 1.82. The molecule has 2 heterocycles. The molecule has 0 spiro atoms. The van der Waals surface area contributed by atoms with Gasteiger partial charge in [-0.3, -0.25) is 14.6 Å². The first kappa shape index (κ1) is 20.1. The topological polar surface area (TPSA) is 53.5 Å². The minimum atomic E-state index is -0.283. The lowest BCUT2D eigenvalue weighted by Crippen LogP contribution is -2.36. The second-order valence-electron chi connectivity index (χ2n) is 7.94. The fourth-order valence-electron chi connectivity index (χ4n) is 3.87. The van der Waals surface area contributed by atoms with Crippen LogP contribution in [-0.4, -0.2) is 41.8 Å². The molecule has 5 heteroatoms. The maximum atomic E-state index is 12.9. The normalized spacial score (nSPS) is 16.7. The molecule has 0 bridgehead atoms. The van der Waals surface area contributed by atoms with Gasteiger partial charge in [-0.1, -0.05) is 32.0 Å². The van der Waals surface area contributed by atoms with Gasteiger partial charge < -0.3 is 9.80 Å². The number of nitrogens with zero attached hydrogens (tertiary/aromatic N) is 3. The number of anilines is 1. The molecule has 5 nitrogen and oxygen atoms in total. The van der Waals surface area contributed by atoms with Gasteiger partial charge in [-0.2, -0.15) is 0 Å². The SMILES string of the molecule is Cc1cccc(C(C)C)c1N1CC(C(=O)N(C)CCc2ccncc2)CC1=O. The van der Waals surface area contributed by atoms with E-state index in [0.29, 0.717) is 19.0 Å². The zero-order valence-corrected chi connectivity index (χ0v) is 17.2. The Morgan fingerprint density at radius 3 is 2.64 bits per heavy atom. The summed E-state index contributed by atoms with van der Waals surface area (Å²) in [5.41, 5.74) is 4.38. The average molecular weight is 380 g/mol. The number of hydrogen-bond acceptors (Lipinski definition) is 3. The van der Waals surface area contributed by atoms with E-state index in [4.69, 9.17) is 0 Å². The molecule has 0 radical (unpaired) electrons. The predicted octanol–water partition coefficient (Wildman–Crippen LogP) is 3.57. The second kappa shape index (κ2) is 8.55. The van der Waals surface area contributed by atoms with E-state index in [1.807, 2.05) is 43.1 Å². The van der Waals surface area contributed by atoms with E-state index < -0.39 is 0 Å². The minimum absolute atomic E-state index is 0.0390. The fourth-order valence-corrected chi connectivity index (χ4v) is 3.87. The summed E-state index contributed by atoms with van der Waals surface area (Å²) in [6, 6.07) is 10.1. The molecule has 0 N–H and O–H groups in total. The summed E-state index contributed by atoms with van der Waals surface area (Å²) in [6.07, 6.45) is 4.59. The van der Waals surface area contributed by atoms with Crippen molar-refractivity contribution >= 4 is 17.5 Å². The Bertz CT molecular complexity index is 848. The largest absolute Gasteiger partial charge is 0.345 e. The molecule has 0 aliphatic carbocycles. The molecule has 1 unspecified atom stereocenters. The Morgan fingerprint density at radius 1 is 1.25 bits per heavy atom. The Kier molecular flexibility index (Phi) is 6.12. The van der Waals surface area contributed by atoms with Crippen LogP contribution in [0, 0.1) is 12.8 Å². The molecule has 1 atom stereocenters. The third-order valence-electron chi connectivity index (χ3n) is 5.50.